The number of benzene rings is 2. The highest BCUT2D eigenvalue weighted by Gasteiger charge is 2.25. The first kappa shape index (κ1) is 21.0. The molecule has 2 atom stereocenters. The van der Waals surface area contributed by atoms with Crippen molar-refractivity contribution in [3.8, 4) is 16.9 Å². The second-order valence-electron chi connectivity index (χ2n) is 6.56. The molecule has 0 radical (unpaired) electrons. The maximum Gasteiger partial charge on any atom is 0.339 e. The number of esters is 1. The van der Waals surface area contributed by atoms with Crippen molar-refractivity contribution in [2.45, 2.75) is 25.7 Å². The molecule has 0 aliphatic heterocycles. The van der Waals surface area contributed by atoms with E-state index in [9.17, 15) is 14.1 Å². The average Bonchev–Trinajstić information content (AvgIpc) is 3.05. The van der Waals surface area contributed by atoms with Crippen LogP contribution in [-0.4, -0.2) is 31.0 Å². The second kappa shape index (κ2) is 9.17. The summed E-state index contributed by atoms with van der Waals surface area (Å²) in [6.07, 6.45) is -1.38. The van der Waals surface area contributed by atoms with Gasteiger partial charge < -0.3 is 19.0 Å². The van der Waals surface area contributed by atoms with E-state index < -0.39 is 23.2 Å². The summed E-state index contributed by atoms with van der Waals surface area (Å²) in [5.41, 5.74) is 4.49. The van der Waals surface area contributed by atoms with E-state index in [1.54, 1.807) is 25.1 Å². The summed E-state index contributed by atoms with van der Waals surface area (Å²) < 4.78 is 27.1. The SMILES string of the molecule is CCOC(=O)C(O)c1cc(-c2ccc(CS(=O)O)cc2)n(-c2ccccc2)c1C. The molecule has 0 spiro atoms. The number of carbonyl (C=O) groups is 1. The molecule has 6 nitrogen and oxygen atoms in total. The Kier molecular flexibility index (Phi) is 6.64. The third kappa shape index (κ3) is 4.64. The molecule has 0 fully saturated rings. The zero-order valence-corrected chi connectivity index (χ0v) is 17.1. The minimum Gasteiger partial charge on any atom is -0.464 e. The van der Waals surface area contributed by atoms with Crippen LogP contribution in [0.2, 0.25) is 0 Å². The Hall–Kier alpha value is -2.74. The Morgan fingerprint density at radius 1 is 1.14 bits per heavy atom. The molecule has 0 saturated heterocycles. The summed E-state index contributed by atoms with van der Waals surface area (Å²) in [5.74, 6) is -0.626. The predicted molar refractivity (Wildman–Crippen MR) is 112 cm³/mol. The Labute approximate surface area is 172 Å². The maximum atomic E-state index is 12.1. The summed E-state index contributed by atoms with van der Waals surface area (Å²) in [6.45, 7) is 3.73. The van der Waals surface area contributed by atoms with Gasteiger partial charge >= 0.3 is 5.97 Å². The Morgan fingerprint density at radius 3 is 2.38 bits per heavy atom. The quantitative estimate of drug-likeness (QED) is 0.455. The number of aromatic nitrogens is 1. The van der Waals surface area contributed by atoms with Crippen molar-refractivity contribution < 1.29 is 23.4 Å². The van der Waals surface area contributed by atoms with E-state index in [2.05, 4.69) is 0 Å². The fraction of sp³-hybridized carbons (Fsp3) is 0.227. The van der Waals surface area contributed by atoms with Crippen LogP contribution in [0, 0.1) is 6.92 Å². The van der Waals surface area contributed by atoms with Crippen LogP contribution in [0.15, 0.2) is 60.7 Å². The molecule has 0 aliphatic carbocycles. The van der Waals surface area contributed by atoms with Gasteiger partial charge in [-0.05, 0) is 43.2 Å². The van der Waals surface area contributed by atoms with Crippen molar-refractivity contribution in [1.29, 1.82) is 0 Å². The van der Waals surface area contributed by atoms with Gasteiger partial charge in [0.05, 0.1) is 18.1 Å². The molecule has 0 aliphatic rings. The standard InChI is InChI=1S/C22H23NO5S/c1-3-28-22(25)21(24)19-13-20(17-11-9-16(10-12-17)14-29(26)27)23(15(19)2)18-7-5-4-6-8-18/h4-13,21,24H,3,14H2,1-2H3,(H,26,27). The molecule has 0 amide bonds. The molecule has 2 aromatic carbocycles. The van der Waals surface area contributed by atoms with Crippen LogP contribution >= 0.6 is 0 Å². The molecule has 2 unspecified atom stereocenters. The first-order valence-electron chi connectivity index (χ1n) is 9.21. The number of carbonyl (C=O) groups excluding carboxylic acids is 1. The molecule has 3 aromatic rings. The van der Waals surface area contributed by atoms with Gasteiger partial charge in [0.1, 0.15) is 0 Å². The van der Waals surface area contributed by atoms with E-state index in [0.717, 1.165) is 28.2 Å². The van der Waals surface area contributed by atoms with Gasteiger partial charge in [0.2, 0.25) is 0 Å². The number of hydrogen-bond donors (Lipinski definition) is 2. The summed E-state index contributed by atoms with van der Waals surface area (Å²) in [5, 5.41) is 10.5. The normalized spacial score (nSPS) is 13.1. The van der Waals surface area contributed by atoms with Gasteiger partial charge in [-0.25, -0.2) is 9.00 Å². The average molecular weight is 413 g/mol. The van der Waals surface area contributed by atoms with Gasteiger partial charge in [-0.15, -0.1) is 0 Å². The molecule has 152 valence electrons. The smallest absolute Gasteiger partial charge is 0.339 e. The van der Waals surface area contributed by atoms with Crippen molar-refractivity contribution in [2.75, 3.05) is 6.61 Å². The Bertz CT molecular complexity index is 1010. The minimum atomic E-state index is -1.90. The van der Waals surface area contributed by atoms with Crippen LogP contribution < -0.4 is 0 Å². The van der Waals surface area contributed by atoms with Crippen LogP contribution in [0.3, 0.4) is 0 Å². The molecular weight excluding hydrogens is 390 g/mol. The van der Waals surface area contributed by atoms with Gasteiger partial charge in [-0.3, -0.25) is 0 Å². The molecule has 2 N–H and O–H groups in total. The third-order valence-corrected chi connectivity index (χ3v) is 5.23. The number of hydrogen-bond acceptors (Lipinski definition) is 4. The maximum absolute atomic E-state index is 12.1. The Balaban J connectivity index is 2.11. The van der Waals surface area contributed by atoms with Crippen LogP contribution in [0.4, 0.5) is 0 Å². The summed E-state index contributed by atoms with van der Waals surface area (Å²) in [6, 6.07) is 18.7. The van der Waals surface area contributed by atoms with E-state index in [-0.39, 0.29) is 12.4 Å². The number of rotatable bonds is 7. The van der Waals surface area contributed by atoms with Crippen LogP contribution in [0.1, 0.15) is 29.8 Å². The fourth-order valence-electron chi connectivity index (χ4n) is 3.29. The third-order valence-electron chi connectivity index (χ3n) is 4.64. The molecule has 7 heteroatoms. The van der Waals surface area contributed by atoms with Gasteiger partial charge in [-0.2, -0.15) is 0 Å². The highest BCUT2D eigenvalue weighted by molar-refractivity contribution is 7.78. The number of ether oxygens (including phenoxy) is 1. The van der Waals surface area contributed by atoms with Crippen molar-refractivity contribution in [3.63, 3.8) is 0 Å². The number of nitrogens with zero attached hydrogens (tertiary/aromatic N) is 1. The van der Waals surface area contributed by atoms with Gasteiger partial charge in [0, 0.05) is 16.9 Å². The lowest BCUT2D eigenvalue weighted by Gasteiger charge is -2.13. The number of aliphatic hydroxyl groups excluding tert-OH is 1. The van der Waals surface area contributed by atoms with Crippen LogP contribution in [0.25, 0.3) is 16.9 Å². The first-order chi connectivity index (χ1) is 13.9. The molecule has 1 aromatic heterocycles. The van der Waals surface area contributed by atoms with E-state index in [4.69, 9.17) is 9.29 Å². The lowest BCUT2D eigenvalue weighted by Crippen LogP contribution is -2.16. The summed E-state index contributed by atoms with van der Waals surface area (Å²) in [7, 11) is 0. The molecular formula is C22H23NO5S. The number of para-hydroxylation sites is 1. The second-order valence-corrected chi connectivity index (χ2v) is 7.49. The molecule has 0 saturated carbocycles. The zero-order valence-electron chi connectivity index (χ0n) is 16.2. The van der Waals surface area contributed by atoms with E-state index >= 15 is 0 Å². The van der Waals surface area contributed by atoms with Gasteiger partial charge in [-0.1, -0.05) is 42.5 Å². The number of aliphatic hydroxyl groups is 1. The molecule has 0 bridgehead atoms. The van der Waals surface area contributed by atoms with E-state index in [0.29, 0.717) is 5.56 Å². The molecule has 29 heavy (non-hydrogen) atoms. The van der Waals surface area contributed by atoms with Crippen molar-refractivity contribution in [2.24, 2.45) is 0 Å². The van der Waals surface area contributed by atoms with Crippen LogP contribution in [-0.2, 0) is 26.4 Å². The molecule has 1 heterocycles. The van der Waals surface area contributed by atoms with Crippen molar-refractivity contribution in [1.82, 2.24) is 4.57 Å². The van der Waals surface area contributed by atoms with Crippen molar-refractivity contribution in [3.05, 3.63) is 77.5 Å². The summed E-state index contributed by atoms with van der Waals surface area (Å²) in [4.78, 5) is 12.1. The topological polar surface area (TPSA) is 88.8 Å². The monoisotopic (exact) mass is 413 g/mol. The van der Waals surface area contributed by atoms with E-state index in [1.165, 1.54) is 0 Å². The van der Waals surface area contributed by atoms with Crippen molar-refractivity contribution >= 4 is 17.0 Å². The predicted octanol–water partition coefficient (Wildman–Crippen LogP) is 3.77. The van der Waals surface area contributed by atoms with Gasteiger partial charge in [0.25, 0.3) is 0 Å². The fourth-order valence-corrected chi connectivity index (χ4v) is 3.77. The Morgan fingerprint density at radius 2 is 1.79 bits per heavy atom. The largest absolute Gasteiger partial charge is 0.464 e. The van der Waals surface area contributed by atoms with E-state index in [1.807, 2.05) is 54.0 Å². The lowest BCUT2D eigenvalue weighted by molar-refractivity contribution is -0.153. The van der Waals surface area contributed by atoms with Crippen LogP contribution in [0.5, 0.6) is 0 Å². The highest BCUT2D eigenvalue weighted by atomic mass is 32.2. The summed E-state index contributed by atoms with van der Waals surface area (Å²) >= 11 is -1.90. The highest BCUT2D eigenvalue weighted by Crippen LogP contribution is 2.33. The molecule has 3 rings (SSSR count). The van der Waals surface area contributed by atoms with Gasteiger partial charge in [0.15, 0.2) is 17.2 Å². The minimum absolute atomic E-state index is 0.0613. The lowest BCUT2D eigenvalue weighted by atomic mass is 10.1. The first-order valence-corrected chi connectivity index (χ1v) is 10.5. The zero-order chi connectivity index (χ0) is 21.0.